The zero-order valence-electron chi connectivity index (χ0n) is 15.3. The van der Waals surface area contributed by atoms with Crippen LogP contribution in [0.2, 0.25) is 0 Å². The van der Waals surface area contributed by atoms with Crippen molar-refractivity contribution in [3.63, 3.8) is 0 Å². The van der Waals surface area contributed by atoms with Crippen LogP contribution in [0.25, 0.3) is 17.1 Å². The first-order valence-electron chi connectivity index (χ1n) is 9.43. The van der Waals surface area contributed by atoms with Gasteiger partial charge in [0.2, 0.25) is 0 Å². The molecule has 0 spiro atoms. The zero-order chi connectivity index (χ0) is 18.1. The molecule has 26 heavy (non-hydrogen) atoms. The van der Waals surface area contributed by atoms with Crippen molar-refractivity contribution < 1.29 is 0 Å². The van der Waals surface area contributed by atoms with Gasteiger partial charge in [-0.2, -0.15) is 4.68 Å². The van der Waals surface area contributed by atoms with Crippen LogP contribution in [0.3, 0.4) is 0 Å². The maximum Gasteiger partial charge on any atom is 0.284 e. The normalized spacial score (nSPS) is 15.6. The summed E-state index contributed by atoms with van der Waals surface area (Å²) >= 11 is 1.79. The lowest BCUT2D eigenvalue weighted by molar-refractivity contribution is 0.570. The minimum Gasteiger partial charge on any atom is -0.324 e. The van der Waals surface area contributed by atoms with Crippen molar-refractivity contribution in [1.82, 2.24) is 19.3 Å². The lowest BCUT2D eigenvalue weighted by Gasteiger charge is -2.19. The van der Waals surface area contributed by atoms with Crippen molar-refractivity contribution >= 4 is 11.8 Å². The van der Waals surface area contributed by atoms with Crippen LogP contribution < -0.4 is 5.56 Å². The predicted molar refractivity (Wildman–Crippen MR) is 105 cm³/mol. The zero-order valence-corrected chi connectivity index (χ0v) is 16.1. The van der Waals surface area contributed by atoms with E-state index in [0.717, 1.165) is 48.8 Å². The van der Waals surface area contributed by atoms with E-state index in [9.17, 15) is 4.79 Å². The third-order valence-corrected chi connectivity index (χ3v) is 6.31. The fraction of sp³-hybridized carbons (Fsp3) is 0.450. The predicted octanol–water partition coefficient (Wildman–Crippen LogP) is 4.15. The van der Waals surface area contributed by atoms with Crippen LogP contribution >= 0.6 is 11.8 Å². The van der Waals surface area contributed by atoms with E-state index in [-0.39, 0.29) is 5.56 Å². The van der Waals surface area contributed by atoms with Crippen molar-refractivity contribution in [2.75, 3.05) is 0 Å². The van der Waals surface area contributed by atoms with E-state index in [2.05, 4.69) is 23.5 Å². The van der Waals surface area contributed by atoms with Crippen LogP contribution in [0.1, 0.15) is 45.2 Å². The Balaban J connectivity index is 1.94. The summed E-state index contributed by atoms with van der Waals surface area (Å²) in [6.07, 6.45) is 5.45. The van der Waals surface area contributed by atoms with Crippen LogP contribution in [-0.2, 0) is 13.0 Å². The molecule has 0 amide bonds. The van der Waals surface area contributed by atoms with E-state index in [0.29, 0.717) is 16.6 Å². The van der Waals surface area contributed by atoms with Crippen molar-refractivity contribution in [2.45, 2.75) is 62.9 Å². The Morgan fingerprint density at radius 1 is 1.19 bits per heavy atom. The van der Waals surface area contributed by atoms with Gasteiger partial charge in [-0.05, 0) is 37.8 Å². The molecule has 6 heteroatoms. The average molecular weight is 369 g/mol. The quantitative estimate of drug-likeness (QED) is 0.513. The Kier molecular flexibility index (Phi) is 4.85. The van der Waals surface area contributed by atoms with Gasteiger partial charge in [-0.3, -0.25) is 4.79 Å². The fourth-order valence-electron chi connectivity index (χ4n) is 3.45. The molecule has 1 aromatic carbocycles. The van der Waals surface area contributed by atoms with Gasteiger partial charge in [-0.25, -0.2) is 4.98 Å². The molecule has 136 valence electrons. The fourth-order valence-corrected chi connectivity index (χ4v) is 4.45. The summed E-state index contributed by atoms with van der Waals surface area (Å²) < 4.78 is 3.78. The maximum atomic E-state index is 13.1. The summed E-state index contributed by atoms with van der Waals surface area (Å²) in [6, 6.07) is 9.61. The van der Waals surface area contributed by atoms with Gasteiger partial charge in [-0.15, -0.1) is 5.10 Å². The summed E-state index contributed by atoms with van der Waals surface area (Å²) in [5, 5.41) is 6.07. The van der Waals surface area contributed by atoms with Gasteiger partial charge in [0.05, 0.1) is 5.69 Å². The second-order valence-electron chi connectivity index (χ2n) is 6.89. The van der Waals surface area contributed by atoms with Crippen LogP contribution in [0.4, 0.5) is 0 Å². The van der Waals surface area contributed by atoms with E-state index in [4.69, 9.17) is 4.98 Å². The number of benzene rings is 1. The van der Waals surface area contributed by atoms with Gasteiger partial charge in [-0.1, -0.05) is 50.2 Å². The highest BCUT2D eigenvalue weighted by molar-refractivity contribution is 7.99. The minimum absolute atomic E-state index is 0.0514. The third kappa shape index (κ3) is 3.07. The summed E-state index contributed by atoms with van der Waals surface area (Å²) in [4.78, 5) is 18.0. The molecular formula is C20H24N4OS. The molecule has 4 rings (SSSR count). The second-order valence-corrected chi connectivity index (χ2v) is 8.30. The molecule has 3 aliphatic heterocycles. The molecule has 1 unspecified atom stereocenters. The van der Waals surface area contributed by atoms with Crippen molar-refractivity contribution in [3.8, 4) is 17.1 Å². The molecule has 1 aromatic rings. The van der Waals surface area contributed by atoms with Crippen molar-refractivity contribution in [2.24, 2.45) is 0 Å². The molecule has 0 saturated carbocycles. The standard InChI is InChI=1S/C20H24N4OS/c1-3-14(2)26-20-21-18-17(16-12-8-5-9-13-23(16)20)19(25)24(22-18)15-10-6-4-7-11-15/h4,6-7,10-11,14H,3,5,8-9,12-13H2,1-2H3. The lowest BCUT2D eigenvalue weighted by Crippen LogP contribution is -2.19. The van der Waals surface area contributed by atoms with Gasteiger partial charge < -0.3 is 4.57 Å². The summed E-state index contributed by atoms with van der Waals surface area (Å²) in [7, 11) is 0. The highest BCUT2D eigenvalue weighted by Crippen LogP contribution is 2.32. The first kappa shape index (κ1) is 17.3. The molecule has 0 N–H and O–H groups in total. The minimum atomic E-state index is -0.0514. The molecular weight excluding hydrogens is 344 g/mol. The van der Waals surface area contributed by atoms with Gasteiger partial charge in [0.25, 0.3) is 5.56 Å². The molecule has 3 heterocycles. The highest BCUT2D eigenvalue weighted by Gasteiger charge is 2.27. The lowest BCUT2D eigenvalue weighted by atomic mass is 10.1. The molecule has 0 aliphatic carbocycles. The Hall–Kier alpha value is -2.08. The molecule has 0 saturated heterocycles. The number of thioether (sulfide) groups is 1. The molecule has 3 aliphatic rings. The maximum absolute atomic E-state index is 13.1. The topological polar surface area (TPSA) is 52.7 Å². The van der Waals surface area contributed by atoms with Crippen LogP contribution in [0, 0.1) is 0 Å². The summed E-state index contributed by atoms with van der Waals surface area (Å²) in [6.45, 7) is 5.36. The van der Waals surface area contributed by atoms with Gasteiger partial charge in [0.15, 0.2) is 11.0 Å². The molecule has 1 atom stereocenters. The Bertz CT molecular complexity index is 931. The average Bonchev–Trinajstić information content (AvgIpc) is 2.84. The number of nitrogens with zero attached hydrogens (tertiary/aromatic N) is 4. The number of hydrogen-bond donors (Lipinski definition) is 0. The molecule has 0 radical (unpaired) electrons. The van der Waals surface area contributed by atoms with Crippen LogP contribution in [0.15, 0.2) is 40.3 Å². The number of para-hydroxylation sites is 1. The molecule has 0 aromatic heterocycles. The van der Waals surface area contributed by atoms with Crippen LogP contribution in [-0.4, -0.2) is 24.6 Å². The largest absolute Gasteiger partial charge is 0.324 e. The van der Waals surface area contributed by atoms with Crippen molar-refractivity contribution in [3.05, 3.63) is 46.4 Å². The van der Waals surface area contributed by atoms with E-state index in [1.165, 1.54) is 11.1 Å². The SMILES string of the molecule is CCC(C)Sc1nc2nn(-c3ccccc3)c(=O)c-2c2n1CCCCC2. The Labute approximate surface area is 157 Å². The van der Waals surface area contributed by atoms with E-state index in [1.807, 2.05) is 30.3 Å². The highest BCUT2D eigenvalue weighted by atomic mass is 32.2. The molecule has 5 nitrogen and oxygen atoms in total. The second kappa shape index (κ2) is 7.27. The van der Waals surface area contributed by atoms with Crippen LogP contribution in [0.5, 0.6) is 0 Å². The number of aromatic nitrogens is 4. The van der Waals surface area contributed by atoms with Gasteiger partial charge >= 0.3 is 0 Å². The Morgan fingerprint density at radius 3 is 2.77 bits per heavy atom. The third-order valence-electron chi connectivity index (χ3n) is 5.05. The monoisotopic (exact) mass is 368 g/mol. The van der Waals surface area contributed by atoms with E-state index in [1.54, 1.807) is 11.8 Å². The number of fused-ring (bicyclic) bond motifs is 3. The number of rotatable bonds is 4. The summed E-state index contributed by atoms with van der Waals surface area (Å²) in [5.41, 5.74) is 2.55. The Morgan fingerprint density at radius 2 is 2.00 bits per heavy atom. The van der Waals surface area contributed by atoms with Gasteiger partial charge in [0.1, 0.15) is 5.56 Å². The van der Waals surface area contributed by atoms with E-state index >= 15 is 0 Å². The van der Waals surface area contributed by atoms with E-state index < -0.39 is 0 Å². The number of hydrogen-bond acceptors (Lipinski definition) is 4. The molecule has 0 fully saturated rings. The van der Waals surface area contributed by atoms with Crippen molar-refractivity contribution in [1.29, 1.82) is 0 Å². The summed E-state index contributed by atoms with van der Waals surface area (Å²) in [5.74, 6) is 0.581. The first-order chi connectivity index (χ1) is 12.7. The smallest absolute Gasteiger partial charge is 0.284 e. The van der Waals surface area contributed by atoms with Gasteiger partial charge in [0, 0.05) is 17.5 Å². The first-order valence-corrected chi connectivity index (χ1v) is 10.3. The molecule has 0 bridgehead atoms.